The lowest BCUT2D eigenvalue weighted by molar-refractivity contribution is -0.125. The van der Waals surface area contributed by atoms with Gasteiger partial charge in [-0.25, -0.2) is 13.2 Å². The highest BCUT2D eigenvalue weighted by molar-refractivity contribution is 5.78. The summed E-state index contributed by atoms with van der Waals surface area (Å²) in [5, 5.41) is 9.02. The van der Waals surface area contributed by atoms with E-state index in [0.717, 1.165) is 0 Å². The molecule has 0 aliphatic carbocycles. The molecule has 0 bridgehead atoms. The minimum Gasteiger partial charge on any atom is -0.383 e. The molecule has 0 aliphatic heterocycles. The summed E-state index contributed by atoms with van der Waals surface area (Å²) >= 11 is 0. The summed E-state index contributed by atoms with van der Waals surface area (Å²) in [6.45, 7) is 0. The summed E-state index contributed by atoms with van der Waals surface area (Å²) < 4.78 is 37.9. The molecule has 0 aliphatic rings. The van der Waals surface area contributed by atoms with Crippen molar-refractivity contribution in [3.8, 4) is 0 Å². The molecule has 0 saturated carbocycles. The van der Waals surface area contributed by atoms with Crippen molar-refractivity contribution in [3.05, 3.63) is 35.1 Å². The second-order valence-electron chi connectivity index (χ2n) is 3.00. The van der Waals surface area contributed by atoms with E-state index in [9.17, 15) is 18.0 Å². The number of amides is 1. The quantitative estimate of drug-likeness (QED) is 0.727. The van der Waals surface area contributed by atoms with Gasteiger partial charge in [-0.1, -0.05) is 0 Å². The number of rotatable bonds is 3. The standard InChI is InChI=1S/C9H8F3NO2/c10-5-1-4(2-6(11)8(5)12)3-7(14)9(13)15/h1-2,7,14H,3H2,(H2,13,15)/t7-/m1/s1. The molecule has 1 aromatic carbocycles. The van der Waals surface area contributed by atoms with E-state index in [1.807, 2.05) is 0 Å². The number of aliphatic hydroxyl groups excluding tert-OH is 1. The highest BCUT2D eigenvalue weighted by Gasteiger charge is 2.15. The summed E-state index contributed by atoms with van der Waals surface area (Å²) in [6.07, 6.45) is -1.90. The number of nitrogens with two attached hydrogens (primary N) is 1. The predicted molar refractivity (Wildman–Crippen MR) is 45.2 cm³/mol. The van der Waals surface area contributed by atoms with Crippen molar-refractivity contribution in [3.63, 3.8) is 0 Å². The lowest BCUT2D eigenvalue weighted by atomic mass is 10.1. The molecule has 0 spiro atoms. The Labute approximate surface area is 83.3 Å². The number of primary amides is 1. The number of halogens is 3. The fraction of sp³-hybridized carbons (Fsp3) is 0.222. The molecule has 1 aromatic rings. The predicted octanol–water partition coefficient (Wildman–Crippen LogP) is 0.493. The van der Waals surface area contributed by atoms with Crippen LogP contribution in [0.4, 0.5) is 13.2 Å². The van der Waals surface area contributed by atoms with Crippen molar-refractivity contribution in [2.24, 2.45) is 5.73 Å². The summed E-state index contributed by atoms with van der Waals surface area (Å²) in [4.78, 5) is 10.5. The van der Waals surface area contributed by atoms with Crippen LogP contribution >= 0.6 is 0 Å². The number of hydrogen-bond acceptors (Lipinski definition) is 2. The maximum Gasteiger partial charge on any atom is 0.246 e. The first-order valence-corrected chi connectivity index (χ1v) is 4.02. The summed E-state index contributed by atoms with van der Waals surface area (Å²) in [5.74, 6) is -5.35. The summed E-state index contributed by atoms with van der Waals surface area (Å²) in [7, 11) is 0. The van der Waals surface area contributed by atoms with Crippen LogP contribution in [0.15, 0.2) is 12.1 Å². The number of carbonyl (C=O) groups is 1. The Morgan fingerprint density at radius 3 is 2.20 bits per heavy atom. The maximum absolute atomic E-state index is 12.7. The van der Waals surface area contributed by atoms with Gasteiger partial charge in [0.1, 0.15) is 6.10 Å². The van der Waals surface area contributed by atoms with Crippen LogP contribution in [0.5, 0.6) is 0 Å². The van der Waals surface area contributed by atoms with Gasteiger partial charge in [0.05, 0.1) is 0 Å². The van der Waals surface area contributed by atoms with Crippen molar-refractivity contribution in [2.75, 3.05) is 0 Å². The molecule has 3 N–H and O–H groups in total. The van der Waals surface area contributed by atoms with Crippen LogP contribution in [0, 0.1) is 17.5 Å². The Kier molecular flexibility index (Phi) is 3.31. The maximum atomic E-state index is 12.7. The second kappa shape index (κ2) is 4.31. The minimum absolute atomic E-state index is 0.0438. The number of carbonyl (C=O) groups excluding carboxylic acids is 1. The Bertz CT molecular complexity index is 372. The molecular weight excluding hydrogens is 211 g/mol. The molecule has 1 atom stereocenters. The van der Waals surface area contributed by atoms with Crippen molar-refractivity contribution in [1.82, 2.24) is 0 Å². The smallest absolute Gasteiger partial charge is 0.246 e. The van der Waals surface area contributed by atoms with E-state index in [1.165, 1.54) is 0 Å². The van der Waals surface area contributed by atoms with Crippen LogP contribution in [-0.4, -0.2) is 17.1 Å². The minimum atomic E-state index is -1.59. The second-order valence-corrected chi connectivity index (χ2v) is 3.00. The van der Waals surface area contributed by atoms with E-state index in [1.54, 1.807) is 0 Å². The molecule has 15 heavy (non-hydrogen) atoms. The molecule has 6 heteroatoms. The third kappa shape index (κ3) is 2.69. The topological polar surface area (TPSA) is 63.3 Å². The third-order valence-corrected chi connectivity index (χ3v) is 1.80. The van der Waals surface area contributed by atoms with Crippen molar-refractivity contribution in [2.45, 2.75) is 12.5 Å². The monoisotopic (exact) mass is 219 g/mol. The van der Waals surface area contributed by atoms with Crippen molar-refractivity contribution >= 4 is 5.91 Å². The van der Waals surface area contributed by atoms with Gasteiger partial charge in [0.2, 0.25) is 5.91 Å². The van der Waals surface area contributed by atoms with Crippen LogP contribution in [0.1, 0.15) is 5.56 Å². The Morgan fingerprint density at radius 1 is 1.33 bits per heavy atom. The summed E-state index contributed by atoms with van der Waals surface area (Å²) in [6, 6.07) is 1.40. The highest BCUT2D eigenvalue weighted by Crippen LogP contribution is 2.14. The molecule has 1 rings (SSSR count). The fourth-order valence-corrected chi connectivity index (χ4v) is 1.05. The van der Waals surface area contributed by atoms with Crippen molar-refractivity contribution in [1.29, 1.82) is 0 Å². The van der Waals surface area contributed by atoms with Crippen LogP contribution < -0.4 is 5.73 Å². The van der Waals surface area contributed by atoms with Gasteiger partial charge in [0.15, 0.2) is 17.5 Å². The van der Waals surface area contributed by atoms with Gasteiger partial charge in [-0.05, 0) is 17.7 Å². The van der Waals surface area contributed by atoms with Crippen LogP contribution in [0.2, 0.25) is 0 Å². The highest BCUT2D eigenvalue weighted by atomic mass is 19.2. The third-order valence-electron chi connectivity index (χ3n) is 1.80. The van der Waals surface area contributed by atoms with Crippen LogP contribution in [0.3, 0.4) is 0 Å². The van der Waals surface area contributed by atoms with Gasteiger partial charge in [-0.15, -0.1) is 0 Å². The molecule has 0 saturated heterocycles. The zero-order chi connectivity index (χ0) is 11.6. The molecule has 3 nitrogen and oxygen atoms in total. The molecule has 0 radical (unpaired) electrons. The lowest BCUT2D eigenvalue weighted by Crippen LogP contribution is -2.30. The molecule has 0 aromatic heterocycles. The van der Waals surface area contributed by atoms with Gasteiger partial charge in [-0.3, -0.25) is 4.79 Å². The van der Waals surface area contributed by atoms with E-state index in [-0.39, 0.29) is 12.0 Å². The van der Waals surface area contributed by atoms with E-state index in [0.29, 0.717) is 12.1 Å². The number of benzene rings is 1. The molecular formula is C9H8F3NO2. The zero-order valence-corrected chi connectivity index (χ0v) is 7.51. The largest absolute Gasteiger partial charge is 0.383 e. The molecule has 1 amide bonds. The first kappa shape index (κ1) is 11.5. The van der Waals surface area contributed by atoms with Gasteiger partial charge in [0.25, 0.3) is 0 Å². The molecule has 0 fully saturated rings. The van der Waals surface area contributed by atoms with E-state index < -0.39 is 29.5 Å². The van der Waals surface area contributed by atoms with Crippen molar-refractivity contribution < 1.29 is 23.1 Å². The van der Waals surface area contributed by atoms with Crippen LogP contribution in [-0.2, 0) is 11.2 Å². The number of hydrogen-bond donors (Lipinski definition) is 2. The molecule has 82 valence electrons. The Morgan fingerprint density at radius 2 is 1.80 bits per heavy atom. The first-order valence-electron chi connectivity index (χ1n) is 4.02. The van der Waals surface area contributed by atoms with Gasteiger partial charge >= 0.3 is 0 Å². The average Bonchev–Trinajstić information content (AvgIpc) is 2.13. The van der Waals surface area contributed by atoms with E-state index in [4.69, 9.17) is 10.8 Å². The van der Waals surface area contributed by atoms with E-state index >= 15 is 0 Å². The SMILES string of the molecule is NC(=O)[C@H](O)Cc1cc(F)c(F)c(F)c1. The Balaban J connectivity index is 2.92. The normalized spacial score (nSPS) is 12.5. The van der Waals surface area contributed by atoms with Gasteiger partial charge in [-0.2, -0.15) is 0 Å². The summed E-state index contributed by atoms with van der Waals surface area (Å²) in [5.41, 5.74) is 4.70. The van der Waals surface area contributed by atoms with E-state index in [2.05, 4.69) is 0 Å². The Hall–Kier alpha value is -1.56. The zero-order valence-electron chi connectivity index (χ0n) is 7.51. The van der Waals surface area contributed by atoms with Crippen LogP contribution in [0.25, 0.3) is 0 Å². The molecule has 0 heterocycles. The van der Waals surface area contributed by atoms with Gasteiger partial charge < -0.3 is 10.8 Å². The number of aliphatic hydroxyl groups is 1. The fourth-order valence-electron chi connectivity index (χ4n) is 1.05. The molecule has 0 unspecified atom stereocenters. The van der Waals surface area contributed by atoms with Gasteiger partial charge in [0, 0.05) is 6.42 Å². The lowest BCUT2D eigenvalue weighted by Gasteiger charge is -2.07. The average molecular weight is 219 g/mol. The first-order chi connectivity index (χ1) is 6.91.